The van der Waals surface area contributed by atoms with Crippen LogP contribution in [0.15, 0.2) is 18.2 Å². The number of nitrogens with zero attached hydrogens (tertiary/aromatic N) is 1. The largest absolute Gasteiger partial charge is 0.353 e. The number of rotatable bonds is 4. The van der Waals surface area contributed by atoms with Crippen molar-refractivity contribution < 1.29 is 9.59 Å². The molecule has 1 heterocycles. The van der Waals surface area contributed by atoms with Gasteiger partial charge in [-0.2, -0.15) is 0 Å². The fourth-order valence-corrected chi connectivity index (χ4v) is 2.92. The number of carbonyl (C=O) groups excluding carboxylic acids is 2. The number of benzene rings is 1. The Balaban J connectivity index is 1.92. The number of carbonyl (C=O) groups is 2. The van der Waals surface area contributed by atoms with Crippen LogP contribution in [0.5, 0.6) is 0 Å². The summed E-state index contributed by atoms with van der Waals surface area (Å²) in [5, 5.41) is 3.82. The molecule has 1 atom stereocenters. The first-order chi connectivity index (χ1) is 10.9. The summed E-state index contributed by atoms with van der Waals surface area (Å²) in [4.78, 5) is 26.4. The number of hydrogen-bond donors (Lipinski definition) is 1. The SMILES string of the molecule is CCC(C)NC(=O)C1CCN(C(=O)c2ccc(Cl)c(Cl)c2)CC1. The first-order valence-electron chi connectivity index (χ1n) is 7.97. The van der Waals surface area contributed by atoms with Crippen LogP contribution in [-0.2, 0) is 4.79 Å². The molecule has 1 N–H and O–H groups in total. The number of likely N-dealkylation sites (tertiary alicyclic amines) is 1. The van der Waals surface area contributed by atoms with Crippen LogP contribution in [0, 0.1) is 5.92 Å². The zero-order valence-electron chi connectivity index (χ0n) is 13.4. The molecule has 0 radical (unpaired) electrons. The highest BCUT2D eigenvalue weighted by molar-refractivity contribution is 6.42. The van der Waals surface area contributed by atoms with E-state index in [0.717, 1.165) is 6.42 Å². The Morgan fingerprint density at radius 2 is 1.91 bits per heavy atom. The first-order valence-corrected chi connectivity index (χ1v) is 8.72. The van der Waals surface area contributed by atoms with Crippen molar-refractivity contribution in [1.29, 1.82) is 0 Å². The summed E-state index contributed by atoms with van der Waals surface area (Å²) in [5.41, 5.74) is 0.530. The molecule has 0 spiro atoms. The van der Waals surface area contributed by atoms with Crippen LogP contribution in [0.1, 0.15) is 43.5 Å². The Kier molecular flexibility index (Phi) is 6.31. The lowest BCUT2D eigenvalue weighted by molar-refractivity contribution is -0.126. The molecule has 1 unspecified atom stereocenters. The fourth-order valence-electron chi connectivity index (χ4n) is 2.62. The van der Waals surface area contributed by atoms with E-state index >= 15 is 0 Å². The zero-order chi connectivity index (χ0) is 17.0. The van der Waals surface area contributed by atoms with Gasteiger partial charge >= 0.3 is 0 Å². The molecule has 4 nitrogen and oxygen atoms in total. The summed E-state index contributed by atoms with van der Waals surface area (Å²) in [5.74, 6) is 0.0205. The minimum absolute atomic E-state index is 0.0122. The third-order valence-corrected chi connectivity index (χ3v) is 5.06. The van der Waals surface area contributed by atoms with E-state index in [4.69, 9.17) is 23.2 Å². The number of amides is 2. The lowest BCUT2D eigenvalue weighted by Gasteiger charge is -2.32. The Hall–Kier alpha value is -1.26. The highest BCUT2D eigenvalue weighted by Crippen LogP contribution is 2.25. The lowest BCUT2D eigenvalue weighted by Crippen LogP contribution is -2.44. The van der Waals surface area contributed by atoms with Gasteiger partial charge in [0.25, 0.3) is 5.91 Å². The number of nitrogens with one attached hydrogen (secondary N) is 1. The van der Waals surface area contributed by atoms with Crippen LogP contribution in [0.4, 0.5) is 0 Å². The van der Waals surface area contributed by atoms with E-state index in [-0.39, 0.29) is 23.8 Å². The molecule has 1 aliphatic heterocycles. The minimum atomic E-state index is -0.0654. The van der Waals surface area contributed by atoms with E-state index in [2.05, 4.69) is 5.32 Å². The second-order valence-electron chi connectivity index (χ2n) is 6.01. The maximum absolute atomic E-state index is 12.5. The quantitative estimate of drug-likeness (QED) is 0.892. The van der Waals surface area contributed by atoms with Crippen molar-refractivity contribution >= 4 is 35.0 Å². The van der Waals surface area contributed by atoms with Crippen LogP contribution >= 0.6 is 23.2 Å². The molecule has 1 aromatic rings. The van der Waals surface area contributed by atoms with Gasteiger partial charge in [-0.3, -0.25) is 9.59 Å². The maximum Gasteiger partial charge on any atom is 0.253 e. The van der Waals surface area contributed by atoms with Crippen LogP contribution in [0.25, 0.3) is 0 Å². The van der Waals surface area contributed by atoms with Gasteiger partial charge in [-0.05, 0) is 44.4 Å². The second-order valence-corrected chi connectivity index (χ2v) is 6.83. The van der Waals surface area contributed by atoms with Gasteiger partial charge in [0.2, 0.25) is 5.91 Å². The normalized spacial score (nSPS) is 17.0. The van der Waals surface area contributed by atoms with E-state index in [1.807, 2.05) is 13.8 Å². The summed E-state index contributed by atoms with van der Waals surface area (Å²) in [6, 6.07) is 5.09. The highest BCUT2D eigenvalue weighted by Gasteiger charge is 2.28. The Morgan fingerprint density at radius 1 is 1.26 bits per heavy atom. The van der Waals surface area contributed by atoms with Crippen molar-refractivity contribution in [3.05, 3.63) is 33.8 Å². The molecule has 1 saturated heterocycles. The van der Waals surface area contributed by atoms with Crippen molar-refractivity contribution in [3.8, 4) is 0 Å². The predicted molar refractivity (Wildman–Crippen MR) is 93.0 cm³/mol. The maximum atomic E-state index is 12.5. The number of piperidine rings is 1. The summed E-state index contributed by atoms with van der Waals surface area (Å²) in [6.45, 7) is 5.21. The van der Waals surface area contributed by atoms with E-state index in [1.54, 1.807) is 23.1 Å². The molecule has 2 rings (SSSR count). The van der Waals surface area contributed by atoms with E-state index < -0.39 is 0 Å². The van der Waals surface area contributed by atoms with Crippen LogP contribution in [-0.4, -0.2) is 35.8 Å². The summed E-state index contributed by atoms with van der Waals surface area (Å²) < 4.78 is 0. The monoisotopic (exact) mass is 356 g/mol. The van der Waals surface area contributed by atoms with Crippen molar-refractivity contribution in [2.24, 2.45) is 5.92 Å². The van der Waals surface area contributed by atoms with Gasteiger partial charge in [0.05, 0.1) is 10.0 Å². The molecule has 1 aromatic carbocycles. The topological polar surface area (TPSA) is 49.4 Å². The summed E-state index contributed by atoms with van der Waals surface area (Å²) in [6.07, 6.45) is 2.30. The minimum Gasteiger partial charge on any atom is -0.353 e. The zero-order valence-corrected chi connectivity index (χ0v) is 15.0. The van der Waals surface area contributed by atoms with Gasteiger partial charge in [0, 0.05) is 30.6 Å². The Bertz CT molecular complexity index is 584. The Morgan fingerprint density at radius 3 is 2.48 bits per heavy atom. The molecule has 2 amide bonds. The van der Waals surface area contributed by atoms with Gasteiger partial charge in [-0.1, -0.05) is 30.1 Å². The van der Waals surface area contributed by atoms with Crippen LogP contribution < -0.4 is 5.32 Å². The van der Waals surface area contributed by atoms with Crippen LogP contribution in [0.3, 0.4) is 0 Å². The molecule has 23 heavy (non-hydrogen) atoms. The summed E-state index contributed by atoms with van der Waals surface area (Å²) in [7, 11) is 0. The molecular weight excluding hydrogens is 335 g/mol. The second kappa shape index (κ2) is 8.02. The first kappa shape index (κ1) is 18.1. The van der Waals surface area contributed by atoms with E-state index in [1.165, 1.54) is 0 Å². The molecule has 0 aliphatic carbocycles. The van der Waals surface area contributed by atoms with Crippen molar-refractivity contribution in [3.63, 3.8) is 0 Å². The molecule has 0 aromatic heterocycles. The number of halogens is 2. The molecule has 1 fully saturated rings. The highest BCUT2D eigenvalue weighted by atomic mass is 35.5. The summed E-state index contributed by atoms with van der Waals surface area (Å²) >= 11 is 11.8. The molecule has 1 aliphatic rings. The lowest BCUT2D eigenvalue weighted by atomic mass is 9.95. The van der Waals surface area contributed by atoms with Gasteiger partial charge in [0.1, 0.15) is 0 Å². The van der Waals surface area contributed by atoms with Gasteiger partial charge in [-0.15, -0.1) is 0 Å². The van der Waals surface area contributed by atoms with Gasteiger partial charge < -0.3 is 10.2 Å². The third-order valence-electron chi connectivity index (χ3n) is 4.32. The molecule has 6 heteroatoms. The number of hydrogen-bond acceptors (Lipinski definition) is 2. The standard InChI is InChI=1S/C17H22Cl2N2O2/c1-3-11(2)20-16(22)12-6-8-21(9-7-12)17(23)13-4-5-14(18)15(19)10-13/h4-5,10-12H,3,6-9H2,1-2H3,(H,20,22). The fraction of sp³-hybridized carbons (Fsp3) is 0.529. The third kappa shape index (κ3) is 4.61. The molecular formula is C17H22Cl2N2O2. The van der Waals surface area contributed by atoms with Crippen molar-refractivity contribution in [1.82, 2.24) is 10.2 Å². The average molecular weight is 357 g/mol. The van der Waals surface area contributed by atoms with Gasteiger partial charge in [-0.25, -0.2) is 0 Å². The smallest absolute Gasteiger partial charge is 0.253 e. The van der Waals surface area contributed by atoms with E-state index in [9.17, 15) is 9.59 Å². The van der Waals surface area contributed by atoms with Crippen molar-refractivity contribution in [2.45, 2.75) is 39.2 Å². The molecule has 126 valence electrons. The predicted octanol–water partition coefficient (Wildman–Crippen LogP) is 3.76. The molecule has 0 saturated carbocycles. The van der Waals surface area contributed by atoms with E-state index in [0.29, 0.717) is 41.5 Å². The van der Waals surface area contributed by atoms with Crippen molar-refractivity contribution in [2.75, 3.05) is 13.1 Å². The van der Waals surface area contributed by atoms with Gasteiger partial charge in [0.15, 0.2) is 0 Å². The van der Waals surface area contributed by atoms with Crippen LogP contribution in [0.2, 0.25) is 10.0 Å². The average Bonchev–Trinajstić information content (AvgIpc) is 2.56. The molecule has 0 bridgehead atoms. The Labute approximate surface area is 147 Å².